The van der Waals surface area contributed by atoms with Gasteiger partial charge in [-0.2, -0.15) is 0 Å². The Balaban J connectivity index is 1.53. The first-order valence-corrected chi connectivity index (χ1v) is 7.41. The summed E-state index contributed by atoms with van der Waals surface area (Å²) in [6.45, 7) is 2.26. The molecular weight excluding hydrogens is 260 g/mol. The van der Waals surface area contributed by atoms with E-state index in [1.807, 2.05) is 0 Å². The van der Waals surface area contributed by atoms with Gasteiger partial charge in [-0.15, -0.1) is 0 Å². The largest absolute Gasteiger partial charge is 0.481 e. The molecule has 0 spiro atoms. The van der Waals surface area contributed by atoms with Crippen molar-refractivity contribution in [2.75, 3.05) is 26.3 Å². The number of urea groups is 1. The van der Waals surface area contributed by atoms with E-state index in [2.05, 4.69) is 10.6 Å². The van der Waals surface area contributed by atoms with Crippen molar-refractivity contribution < 1.29 is 19.4 Å². The SMILES string of the molecule is O=C(O)CC1(CNC(=O)NCCOCC2CC2)CCC1. The van der Waals surface area contributed by atoms with Crippen molar-refractivity contribution in [3.05, 3.63) is 0 Å². The molecular formula is C14H24N2O4. The van der Waals surface area contributed by atoms with Crippen LogP contribution in [0.25, 0.3) is 0 Å². The molecule has 0 aliphatic heterocycles. The summed E-state index contributed by atoms with van der Waals surface area (Å²) in [5.41, 5.74) is -0.231. The molecule has 0 aromatic carbocycles. The Morgan fingerprint density at radius 1 is 1.25 bits per heavy atom. The Morgan fingerprint density at radius 2 is 2.00 bits per heavy atom. The van der Waals surface area contributed by atoms with Crippen molar-refractivity contribution in [2.45, 2.75) is 38.5 Å². The first-order valence-electron chi connectivity index (χ1n) is 7.41. The number of ether oxygens (including phenoxy) is 1. The molecule has 6 heteroatoms. The maximum Gasteiger partial charge on any atom is 0.314 e. The molecule has 0 atom stereocenters. The van der Waals surface area contributed by atoms with Crippen LogP contribution in [0.3, 0.4) is 0 Å². The van der Waals surface area contributed by atoms with Crippen LogP contribution in [0.4, 0.5) is 4.79 Å². The highest BCUT2D eigenvalue weighted by atomic mass is 16.5. The minimum Gasteiger partial charge on any atom is -0.481 e. The van der Waals surface area contributed by atoms with E-state index in [1.54, 1.807) is 0 Å². The smallest absolute Gasteiger partial charge is 0.314 e. The highest BCUT2D eigenvalue weighted by molar-refractivity contribution is 5.74. The number of carboxylic acids is 1. The van der Waals surface area contributed by atoms with E-state index in [1.165, 1.54) is 12.8 Å². The highest BCUT2D eigenvalue weighted by Gasteiger charge is 2.39. The fraction of sp³-hybridized carbons (Fsp3) is 0.857. The monoisotopic (exact) mass is 284 g/mol. The van der Waals surface area contributed by atoms with Crippen molar-refractivity contribution in [2.24, 2.45) is 11.3 Å². The molecule has 0 unspecified atom stereocenters. The quantitative estimate of drug-likeness (QED) is 0.558. The van der Waals surface area contributed by atoms with E-state index >= 15 is 0 Å². The van der Waals surface area contributed by atoms with Crippen molar-refractivity contribution in [3.8, 4) is 0 Å². The van der Waals surface area contributed by atoms with Crippen LogP contribution in [0.15, 0.2) is 0 Å². The van der Waals surface area contributed by atoms with Gasteiger partial charge in [0.25, 0.3) is 0 Å². The normalized spacial score (nSPS) is 20.0. The van der Waals surface area contributed by atoms with E-state index < -0.39 is 5.97 Å². The minimum absolute atomic E-state index is 0.137. The molecule has 2 saturated carbocycles. The first kappa shape index (κ1) is 15.1. The van der Waals surface area contributed by atoms with E-state index in [-0.39, 0.29) is 17.9 Å². The van der Waals surface area contributed by atoms with Crippen LogP contribution in [0.5, 0.6) is 0 Å². The van der Waals surface area contributed by atoms with Crippen LogP contribution in [-0.4, -0.2) is 43.4 Å². The molecule has 0 radical (unpaired) electrons. The maximum absolute atomic E-state index is 11.6. The zero-order chi connectivity index (χ0) is 14.4. The molecule has 2 rings (SSSR count). The molecule has 2 fully saturated rings. The summed E-state index contributed by atoms with van der Waals surface area (Å²) in [5, 5.41) is 14.4. The summed E-state index contributed by atoms with van der Waals surface area (Å²) in [5.74, 6) is -0.0568. The van der Waals surface area contributed by atoms with Crippen LogP contribution in [0.2, 0.25) is 0 Å². The molecule has 0 saturated heterocycles. The predicted octanol–water partition coefficient (Wildman–Crippen LogP) is 1.36. The second-order valence-electron chi connectivity index (χ2n) is 6.05. The molecule has 0 heterocycles. The highest BCUT2D eigenvalue weighted by Crippen LogP contribution is 2.43. The summed E-state index contributed by atoms with van der Waals surface area (Å²) < 4.78 is 5.42. The predicted molar refractivity (Wildman–Crippen MR) is 73.5 cm³/mol. The standard InChI is InChI=1S/C14H24N2O4/c17-12(18)8-14(4-1-5-14)10-16-13(19)15-6-7-20-9-11-2-3-11/h11H,1-10H2,(H,17,18)(H2,15,16,19). The molecule has 3 N–H and O–H groups in total. The van der Waals surface area contributed by atoms with Crippen LogP contribution < -0.4 is 10.6 Å². The van der Waals surface area contributed by atoms with Gasteiger partial charge in [0.05, 0.1) is 13.0 Å². The molecule has 20 heavy (non-hydrogen) atoms. The second kappa shape index (κ2) is 6.92. The summed E-state index contributed by atoms with van der Waals surface area (Å²) in [6, 6.07) is -0.239. The third-order valence-electron chi connectivity index (χ3n) is 4.15. The number of hydrogen-bond donors (Lipinski definition) is 3. The number of carbonyl (C=O) groups is 2. The molecule has 2 amide bonds. The zero-order valence-corrected chi connectivity index (χ0v) is 11.8. The molecule has 2 aliphatic carbocycles. The fourth-order valence-electron chi connectivity index (χ4n) is 2.52. The van der Waals surface area contributed by atoms with Gasteiger partial charge >= 0.3 is 12.0 Å². The van der Waals surface area contributed by atoms with Gasteiger partial charge in [-0.1, -0.05) is 6.42 Å². The van der Waals surface area contributed by atoms with Crippen molar-refractivity contribution in [3.63, 3.8) is 0 Å². The van der Waals surface area contributed by atoms with E-state index in [9.17, 15) is 9.59 Å². The molecule has 2 aliphatic rings. The third-order valence-corrected chi connectivity index (χ3v) is 4.15. The average molecular weight is 284 g/mol. The summed E-state index contributed by atoms with van der Waals surface area (Å²) in [4.78, 5) is 22.4. The van der Waals surface area contributed by atoms with E-state index in [0.717, 1.165) is 31.8 Å². The number of amides is 2. The van der Waals surface area contributed by atoms with Gasteiger partial charge in [-0.3, -0.25) is 4.79 Å². The first-order chi connectivity index (χ1) is 9.60. The lowest BCUT2D eigenvalue weighted by Gasteiger charge is -2.40. The second-order valence-corrected chi connectivity index (χ2v) is 6.05. The maximum atomic E-state index is 11.6. The van der Waals surface area contributed by atoms with Gasteiger partial charge in [0, 0.05) is 19.7 Å². The lowest BCUT2D eigenvalue weighted by Crippen LogP contribution is -2.47. The molecule has 114 valence electrons. The summed E-state index contributed by atoms with van der Waals surface area (Å²) >= 11 is 0. The number of rotatable bonds is 9. The van der Waals surface area contributed by atoms with Gasteiger partial charge in [-0.25, -0.2) is 4.79 Å². The van der Waals surface area contributed by atoms with Gasteiger partial charge in [0.2, 0.25) is 0 Å². The topological polar surface area (TPSA) is 87.7 Å². The minimum atomic E-state index is -0.791. The van der Waals surface area contributed by atoms with E-state index in [0.29, 0.717) is 19.7 Å². The number of carboxylic acid groups (broad SMARTS) is 1. The Hall–Kier alpha value is -1.30. The van der Waals surface area contributed by atoms with Crippen molar-refractivity contribution >= 4 is 12.0 Å². The lowest BCUT2D eigenvalue weighted by molar-refractivity contribution is -0.141. The molecule has 0 aromatic rings. The van der Waals surface area contributed by atoms with Gasteiger partial charge in [-0.05, 0) is 37.0 Å². The number of carbonyl (C=O) groups excluding carboxylic acids is 1. The zero-order valence-electron chi connectivity index (χ0n) is 11.8. The van der Waals surface area contributed by atoms with Gasteiger partial charge in [0.1, 0.15) is 0 Å². The number of hydrogen-bond acceptors (Lipinski definition) is 3. The van der Waals surface area contributed by atoms with Gasteiger partial charge < -0.3 is 20.5 Å². The van der Waals surface area contributed by atoms with E-state index in [4.69, 9.17) is 9.84 Å². The Bertz CT molecular complexity index is 351. The molecule has 0 bridgehead atoms. The number of aliphatic carboxylic acids is 1. The number of nitrogens with one attached hydrogen (secondary N) is 2. The Labute approximate surface area is 119 Å². The Kier molecular flexibility index (Phi) is 5.23. The van der Waals surface area contributed by atoms with Crippen molar-refractivity contribution in [1.29, 1.82) is 0 Å². The summed E-state index contributed by atoms with van der Waals surface area (Å²) in [6.07, 6.45) is 5.47. The van der Waals surface area contributed by atoms with Gasteiger partial charge in [0.15, 0.2) is 0 Å². The van der Waals surface area contributed by atoms with Crippen LogP contribution in [0, 0.1) is 11.3 Å². The average Bonchev–Trinajstić information content (AvgIpc) is 3.15. The third kappa shape index (κ3) is 5.00. The summed E-state index contributed by atoms with van der Waals surface area (Å²) in [7, 11) is 0. The van der Waals surface area contributed by atoms with Crippen LogP contribution in [0.1, 0.15) is 38.5 Å². The molecule has 6 nitrogen and oxygen atoms in total. The Morgan fingerprint density at radius 3 is 2.55 bits per heavy atom. The van der Waals surface area contributed by atoms with Crippen LogP contribution in [-0.2, 0) is 9.53 Å². The molecule has 0 aromatic heterocycles. The lowest BCUT2D eigenvalue weighted by atomic mass is 9.66. The van der Waals surface area contributed by atoms with Crippen LogP contribution >= 0.6 is 0 Å². The fourth-order valence-corrected chi connectivity index (χ4v) is 2.52. The van der Waals surface area contributed by atoms with Crippen molar-refractivity contribution in [1.82, 2.24) is 10.6 Å².